The highest BCUT2D eigenvalue weighted by Gasteiger charge is 2.34. The van der Waals surface area contributed by atoms with Gasteiger partial charge in [0.1, 0.15) is 0 Å². The van der Waals surface area contributed by atoms with Crippen molar-refractivity contribution in [3.8, 4) is 0 Å². The fraction of sp³-hybridized carbons (Fsp3) is 0. The molecule has 2 aliphatic carbocycles. The molecule has 0 heterocycles. The van der Waals surface area contributed by atoms with Gasteiger partial charge < -0.3 is 11.1 Å². The average molecular weight is 472 g/mol. The lowest BCUT2D eigenvalue weighted by Gasteiger charge is -2.22. The van der Waals surface area contributed by atoms with Gasteiger partial charge in [-0.05, 0) is 18.2 Å². The average Bonchev–Trinajstić information content (AvgIpc) is 2.90. The van der Waals surface area contributed by atoms with E-state index in [2.05, 4.69) is 5.32 Å². The van der Waals surface area contributed by atoms with E-state index < -0.39 is 11.7 Å². The Balaban J connectivity index is 1.41. The summed E-state index contributed by atoms with van der Waals surface area (Å²) in [5, 5.41) is 2.67. The van der Waals surface area contributed by atoms with Gasteiger partial charge in [0.05, 0.1) is 28.1 Å². The second-order valence-electron chi connectivity index (χ2n) is 8.54. The second-order valence-corrected chi connectivity index (χ2v) is 8.54. The first-order valence-corrected chi connectivity index (χ1v) is 11.1. The normalized spacial score (nSPS) is 13.4. The molecule has 7 nitrogen and oxygen atoms in total. The van der Waals surface area contributed by atoms with Gasteiger partial charge >= 0.3 is 0 Å². The zero-order valence-electron chi connectivity index (χ0n) is 18.6. The van der Waals surface area contributed by atoms with E-state index in [0.29, 0.717) is 5.56 Å². The van der Waals surface area contributed by atoms with E-state index in [1.807, 2.05) is 0 Å². The Morgan fingerprint density at radius 3 is 1.58 bits per heavy atom. The van der Waals surface area contributed by atoms with E-state index in [9.17, 15) is 24.0 Å². The first-order valence-electron chi connectivity index (χ1n) is 11.1. The number of nitrogens with one attached hydrogen (secondary N) is 1. The number of hydrogen-bond donors (Lipinski definition) is 2. The predicted octanol–water partition coefficient (Wildman–Crippen LogP) is 4.07. The van der Waals surface area contributed by atoms with Crippen LogP contribution in [0.3, 0.4) is 0 Å². The minimum absolute atomic E-state index is 0.0260. The molecule has 3 N–H and O–H groups in total. The van der Waals surface area contributed by atoms with Crippen molar-refractivity contribution in [1.29, 1.82) is 0 Å². The van der Waals surface area contributed by atoms with Gasteiger partial charge in [0.15, 0.2) is 23.1 Å². The Hall–Kier alpha value is -5.17. The zero-order chi connectivity index (χ0) is 25.1. The first-order chi connectivity index (χ1) is 17.4. The molecule has 0 aromatic heterocycles. The number of nitrogens with two attached hydrogens (primary N) is 1. The Kier molecular flexibility index (Phi) is 4.56. The Morgan fingerprint density at radius 1 is 0.528 bits per heavy atom. The van der Waals surface area contributed by atoms with Crippen molar-refractivity contribution >= 4 is 40.4 Å². The molecule has 1 amide bonds. The summed E-state index contributed by atoms with van der Waals surface area (Å²) in [7, 11) is 0. The lowest BCUT2D eigenvalue weighted by Crippen LogP contribution is -2.26. The summed E-state index contributed by atoms with van der Waals surface area (Å²) in [5.74, 6) is -2.17. The SMILES string of the molecule is Nc1c(C(=O)Nc2cccc3c2C(=O)c2ccccc2C3=O)ccc2c1C(=O)c1ccccc1C2=O. The molecule has 0 unspecified atom stereocenters. The molecule has 2 aliphatic rings. The lowest BCUT2D eigenvalue weighted by molar-refractivity contribution is 0.0977. The molecule has 4 aromatic carbocycles. The second kappa shape index (κ2) is 7.68. The van der Waals surface area contributed by atoms with Crippen LogP contribution in [0.5, 0.6) is 0 Å². The molecule has 0 spiro atoms. The number of hydrogen-bond acceptors (Lipinski definition) is 6. The van der Waals surface area contributed by atoms with Gasteiger partial charge in [-0.3, -0.25) is 24.0 Å². The van der Waals surface area contributed by atoms with Crippen LogP contribution in [0.2, 0.25) is 0 Å². The maximum absolute atomic E-state index is 13.3. The molecule has 6 rings (SSSR count). The van der Waals surface area contributed by atoms with Gasteiger partial charge in [0.2, 0.25) is 0 Å². The molecule has 0 saturated heterocycles. The van der Waals surface area contributed by atoms with E-state index in [1.54, 1.807) is 54.6 Å². The molecule has 4 aromatic rings. The maximum atomic E-state index is 13.3. The van der Waals surface area contributed by atoms with Crippen LogP contribution in [0.4, 0.5) is 11.4 Å². The van der Waals surface area contributed by atoms with E-state index in [0.717, 1.165) is 0 Å². The first kappa shape index (κ1) is 21.4. The summed E-state index contributed by atoms with van der Waals surface area (Å²) in [4.78, 5) is 65.6. The van der Waals surface area contributed by atoms with Crippen molar-refractivity contribution in [3.63, 3.8) is 0 Å². The number of carbonyl (C=O) groups is 5. The Labute approximate surface area is 204 Å². The van der Waals surface area contributed by atoms with E-state index >= 15 is 0 Å². The van der Waals surface area contributed by atoms with Crippen LogP contribution in [0.1, 0.15) is 74.0 Å². The number of benzene rings is 4. The summed E-state index contributed by atoms with van der Waals surface area (Å²) >= 11 is 0. The van der Waals surface area contributed by atoms with Gasteiger partial charge in [0.25, 0.3) is 5.91 Å². The minimum atomic E-state index is -0.679. The number of nitrogen functional groups attached to an aromatic ring is 1. The van der Waals surface area contributed by atoms with Crippen LogP contribution in [0.15, 0.2) is 78.9 Å². The number of ketones is 4. The van der Waals surface area contributed by atoms with Gasteiger partial charge in [-0.15, -0.1) is 0 Å². The van der Waals surface area contributed by atoms with Crippen LogP contribution in [0, 0.1) is 0 Å². The smallest absolute Gasteiger partial charge is 0.257 e. The van der Waals surface area contributed by atoms with Gasteiger partial charge in [0, 0.05) is 33.4 Å². The third kappa shape index (κ3) is 2.89. The quantitative estimate of drug-likeness (QED) is 0.366. The third-order valence-corrected chi connectivity index (χ3v) is 6.58. The number of carbonyl (C=O) groups excluding carboxylic acids is 5. The number of amides is 1. The highest BCUT2D eigenvalue weighted by Crippen LogP contribution is 2.35. The fourth-order valence-corrected chi connectivity index (χ4v) is 4.85. The summed E-state index contributed by atoms with van der Waals surface area (Å²) in [6.07, 6.45) is 0. The van der Waals surface area contributed by atoms with Crippen molar-refractivity contribution in [2.75, 3.05) is 11.1 Å². The van der Waals surface area contributed by atoms with Crippen LogP contribution >= 0.6 is 0 Å². The zero-order valence-corrected chi connectivity index (χ0v) is 18.6. The van der Waals surface area contributed by atoms with Gasteiger partial charge in [-0.25, -0.2) is 0 Å². The summed E-state index contributed by atoms with van der Waals surface area (Å²) in [6, 6.07) is 20.4. The number of rotatable bonds is 2. The molecule has 0 saturated carbocycles. The highest BCUT2D eigenvalue weighted by atomic mass is 16.2. The van der Waals surface area contributed by atoms with Crippen molar-refractivity contribution in [3.05, 3.63) is 129 Å². The molecule has 0 atom stereocenters. The van der Waals surface area contributed by atoms with E-state index in [-0.39, 0.29) is 73.2 Å². The van der Waals surface area contributed by atoms with Crippen molar-refractivity contribution in [2.24, 2.45) is 0 Å². The lowest BCUT2D eigenvalue weighted by atomic mass is 9.82. The molecule has 36 heavy (non-hydrogen) atoms. The van der Waals surface area contributed by atoms with Crippen molar-refractivity contribution < 1.29 is 24.0 Å². The van der Waals surface area contributed by atoms with Crippen LogP contribution in [0.25, 0.3) is 0 Å². The largest absolute Gasteiger partial charge is 0.397 e. The molecule has 0 radical (unpaired) electrons. The Morgan fingerprint density at radius 2 is 1.00 bits per heavy atom. The Bertz CT molecular complexity index is 1720. The van der Waals surface area contributed by atoms with Gasteiger partial charge in [-0.2, -0.15) is 0 Å². The fourth-order valence-electron chi connectivity index (χ4n) is 4.85. The van der Waals surface area contributed by atoms with Crippen LogP contribution in [-0.2, 0) is 0 Å². The topological polar surface area (TPSA) is 123 Å². The van der Waals surface area contributed by atoms with Crippen LogP contribution < -0.4 is 11.1 Å². The summed E-state index contributed by atoms with van der Waals surface area (Å²) in [6.45, 7) is 0. The summed E-state index contributed by atoms with van der Waals surface area (Å²) in [5.41, 5.74) is 7.70. The maximum Gasteiger partial charge on any atom is 0.257 e. The van der Waals surface area contributed by atoms with Crippen molar-refractivity contribution in [2.45, 2.75) is 0 Å². The minimum Gasteiger partial charge on any atom is -0.397 e. The summed E-state index contributed by atoms with van der Waals surface area (Å²) < 4.78 is 0. The van der Waals surface area contributed by atoms with Crippen LogP contribution in [-0.4, -0.2) is 29.0 Å². The van der Waals surface area contributed by atoms with Gasteiger partial charge in [-0.1, -0.05) is 60.7 Å². The van der Waals surface area contributed by atoms with E-state index in [4.69, 9.17) is 5.73 Å². The standard InChI is InChI=1S/C29H16N2O5/c30-24-20(13-12-19-23(24)28(35)17-9-4-2-7-15(17)26(19)33)29(36)31-21-11-5-10-18-22(21)27(34)16-8-3-1-6-14(16)25(18)32/h1-13H,30H2,(H,31,36). The monoisotopic (exact) mass is 472 g/mol. The molecule has 7 heteroatoms. The highest BCUT2D eigenvalue weighted by molar-refractivity contribution is 6.32. The number of fused-ring (bicyclic) bond motifs is 4. The molecular weight excluding hydrogens is 456 g/mol. The molecular formula is C29H16N2O5. The molecule has 0 fully saturated rings. The van der Waals surface area contributed by atoms with Crippen molar-refractivity contribution in [1.82, 2.24) is 0 Å². The number of anilines is 2. The molecule has 172 valence electrons. The third-order valence-electron chi connectivity index (χ3n) is 6.58. The predicted molar refractivity (Wildman–Crippen MR) is 132 cm³/mol. The molecule has 0 bridgehead atoms. The van der Waals surface area contributed by atoms with E-state index in [1.165, 1.54) is 24.3 Å². The molecule has 0 aliphatic heterocycles.